The van der Waals surface area contributed by atoms with Crippen LogP contribution in [0.4, 0.5) is 0 Å². The van der Waals surface area contributed by atoms with Gasteiger partial charge in [0.2, 0.25) is 0 Å². The van der Waals surface area contributed by atoms with Gasteiger partial charge in [0, 0.05) is 12.8 Å². The molecule has 0 radical (unpaired) electrons. The number of carbonyl (C=O) groups is 3. The summed E-state index contributed by atoms with van der Waals surface area (Å²) in [5.74, 6) is -2.75. The maximum absolute atomic E-state index is 12.6. The van der Waals surface area contributed by atoms with Gasteiger partial charge in [0.05, 0.1) is 25.4 Å². The number of carboxylic acid groups (broad SMARTS) is 1. The van der Waals surface area contributed by atoms with Crippen molar-refractivity contribution < 1.29 is 57.7 Å². The molecule has 0 amide bonds. The van der Waals surface area contributed by atoms with Gasteiger partial charge in [-0.3, -0.25) is 23.4 Å². The second-order valence-electron chi connectivity index (χ2n) is 14.0. The van der Waals surface area contributed by atoms with Crippen LogP contribution in [0, 0.1) is 0 Å². The van der Waals surface area contributed by atoms with Crippen molar-refractivity contribution in [2.24, 2.45) is 5.73 Å². The number of nitrogens with two attached hydrogens (primary N) is 1. The number of aliphatic carboxylic acids is 1. The van der Waals surface area contributed by atoms with E-state index >= 15 is 0 Å². The SMILES string of the molecule is CC/C=C\C/C=C\C/C=C\C/C=C\CCCCCCC(=O)O[C@H](COC(=O)CCC[C@H](O)[C@@H](O)C/C=C\C/C=C\C/C=C\C/C=C\CC)COP(=O)(O)OC[C@H](N)C(=O)O. The zero-order chi connectivity index (χ0) is 44.5. The third-order valence-electron chi connectivity index (χ3n) is 8.53. The Morgan fingerprint density at radius 1 is 0.583 bits per heavy atom. The first-order chi connectivity index (χ1) is 28.9. The van der Waals surface area contributed by atoms with Crippen LogP contribution in [0.2, 0.25) is 0 Å². The molecule has 1 unspecified atom stereocenters. The second kappa shape index (κ2) is 39.5. The number of allylic oxidation sites excluding steroid dienone is 15. The van der Waals surface area contributed by atoms with Crippen LogP contribution in [0.3, 0.4) is 0 Å². The second-order valence-corrected chi connectivity index (χ2v) is 15.5. The van der Waals surface area contributed by atoms with E-state index in [0.717, 1.165) is 70.6 Å². The minimum Gasteiger partial charge on any atom is -0.480 e. The van der Waals surface area contributed by atoms with Crippen molar-refractivity contribution in [2.45, 2.75) is 154 Å². The molecule has 0 aromatic heterocycles. The van der Waals surface area contributed by atoms with Gasteiger partial charge < -0.3 is 35.4 Å². The van der Waals surface area contributed by atoms with E-state index in [1.165, 1.54) is 0 Å². The summed E-state index contributed by atoms with van der Waals surface area (Å²) in [7, 11) is -4.80. The molecule has 0 aliphatic heterocycles. The summed E-state index contributed by atoms with van der Waals surface area (Å²) >= 11 is 0. The van der Waals surface area contributed by atoms with Gasteiger partial charge in [-0.05, 0) is 89.9 Å². The number of rotatable bonds is 38. The molecule has 0 fully saturated rings. The van der Waals surface area contributed by atoms with Gasteiger partial charge in [-0.25, -0.2) is 4.57 Å². The van der Waals surface area contributed by atoms with E-state index in [1.54, 1.807) is 6.08 Å². The summed E-state index contributed by atoms with van der Waals surface area (Å²) in [6, 6.07) is -1.57. The normalized spacial score (nSPS) is 15.7. The molecule has 14 heteroatoms. The lowest BCUT2D eigenvalue weighted by Gasteiger charge is -2.20. The van der Waals surface area contributed by atoms with Crippen LogP contribution in [0.25, 0.3) is 0 Å². The Kier molecular flexibility index (Phi) is 37.0. The lowest BCUT2D eigenvalue weighted by Crippen LogP contribution is -2.34. The first-order valence-corrected chi connectivity index (χ1v) is 22.9. The molecule has 13 nitrogen and oxygen atoms in total. The van der Waals surface area contributed by atoms with Crippen LogP contribution in [0.1, 0.15) is 129 Å². The molecule has 340 valence electrons. The van der Waals surface area contributed by atoms with Crippen molar-refractivity contribution in [1.29, 1.82) is 0 Å². The quantitative estimate of drug-likeness (QED) is 0.0170. The van der Waals surface area contributed by atoms with E-state index < -0.39 is 69.9 Å². The summed E-state index contributed by atoms with van der Waals surface area (Å²) in [6.45, 7) is 2.22. The molecule has 0 bridgehead atoms. The molecule has 0 aromatic carbocycles. The van der Waals surface area contributed by atoms with Gasteiger partial charge in [0.15, 0.2) is 6.10 Å². The predicted molar refractivity (Wildman–Crippen MR) is 238 cm³/mol. The van der Waals surface area contributed by atoms with Crippen LogP contribution in [0.15, 0.2) is 97.2 Å². The summed E-state index contributed by atoms with van der Waals surface area (Å²) in [4.78, 5) is 46.0. The Morgan fingerprint density at radius 3 is 1.58 bits per heavy atom. The lowest BCUT2D eigenvalue weighted by atomic mass is 10.0. The average Bonchev–Trinajstić information content (AvgIpc) is 3.22. The molecule has 6 N–H and O–H groups in total. The van der Waals surface area contributed by atoms with Crippen molar-refractivity contribution in [3.63, 3.8) is 0 Å². The number of carbonyl (C=O) groups excluding carboxylic acids is 2. The van der Waals surface area contributed by atoms with Crippen LogP contribution in [0.5, 0.6) is 0 Å². The van der Waals surface area contributed by atoms with E-state index in [4.69, 9.17) is 24.8 Å². The molecule has 0 spiro atoms. The van der Waals surface area contributed by atoms with Crippen molar-refractivity contribution in [1.82, 2.24) is 0 Å². The Bertz CT molecular complexity index is 1420. The summed E-state index contributed by atoms with van der Waals surface area (Å²) in [6.07, 6.45) is 42.2. The fraction of sp³-hybridized carbons (Fsp3) is 0.587. The molecule has 60 heavy (non-hydrogen) atoms. The number of phosphoric ester groups is 1. The molecule has 0 aliphatic rings. The molecule has 0 rings (SSSR count). The number of esters is 2. The number of unbranched alkanes of at least 4 members (excludes halogenated alkanes) is 4. The fourth-order valence-corrected chi connectivity index (χ4v) is 5.86. The summed E-state index contributed by atoms with van der Waals surface area (Å²) in [5.41, 5.74) is 5.31. The number of aliphatic hydroxyl groups excluding tert-OH is 2. The predicted octanol–water partition coefficient (Wildman–Crippen LogP) is 9.22. The fourth-order valence-electron chi connectivity index (χ4n) is 5.08. The molecule has 0 aliphatic carbocycles. The highest BCUT2D eigenvalue weighted by Crippen LogP contribution is 2.43. The topological polar surface area (TPSA) is 212 Å². The summed E-state index contributed by atoms with van der Waals surface area (Å²) in [5, 5.41) is 29.5. The van der Waals surface area contributed by atoms with Crippen molar-refractivity contribution in [3.05, 3.63) is 97.2 Å². The maximum Gasteiger partial charge on any atom is 0.472 e. The van der Waals surface area contributed by atoms with Crippen molar-refractivity contribution >= 4 is 25.7 Å². The number of ether oxygens (including phenoxy) is 2. The standard InChI is InChI=1S/C46H74NO12P/c1-3-5-7-9-11-13-15-17-18-19-20-21-23-25-27-29-31-35-45(51)59-40(38-57-60(54,55)58-39-41(47)46(52)53)37-56-44(50)36-32-34-43(49)42(48)33-30-28-26-24-22-16-14-12-10-8-6-4-2/h5-8,11-14,17-18,20-22,24,28,30,40-43,48-49H,3-4,9-10,15-16,19,23,25-27,29,31-39,47H2,1-2H3,(H,52,53)(H,54,55)/b7-5-,8-6-,13-11-,14-12-,18-17-,21-20-,24-22-,30-28-/t40-,41+,42+,43+/m1/s1. The third kappa shape index (κ3) is 37.3. The minimum absolute atomic E-state index is 0.0658. The van der Waals surface area contributed by atoms with Crippen LogP contribution >= 0.6 is 7.82 Å². The highest BCUT2D eigenvalue weighted by atomic mass is 31.2. The molecular weight excluding hydrogens is 789 g/mol. The molecule has 0 aromatic rings. The lowest BCUT2D eigenvalue weighted by molar-refractivity contribution is -0.161. The summed E-state index contributed by atoms with van der Waals surface area (Å²) < 4.78 is 32.5. The van der Waals surface area contributed by atoms with E-state index in [9.17, 15) is 34.1 Å². The van der Waals surface area contributed by atoms with E-state index in [2.05, 4.69) is 97.4 Å². The Balaban J connectivity index is 4.68. The smallest absolute Gasteiger partial charge is 0.472 e. The Hall–Kier alpha value is -3.68. The average molecular weight is 864 g/mol. The zero-order valence-corrected chi connectivity index (χ0v) is 36.9. The number of phosphoric acid groups is 1. The van der Waals surface area contributed by atoms with Crippen molar-refractivity contribution in [3.8, 4) is 0 Å². The molecule has 0 saturated carbocycles. The van der Waals surface area contributed by atoms with Gasteiger partial charge in [-0.15, -0.1) is 0 Å². The number of hydrogen-bond donors (Lipinski definition) is 5. The molecule has 5 atom stereocenters. The highest BCUT2D eigenvalue weighted by molar-refractivity contribution is 7.47. The zero-order valence-electron chi connectivity index (χ0n) is 36.0. The first-order valence-electron chi connectivity index (χ1n) is 21.4. The molecule has 0 saturated heterocycles. The molecule has 0 heterocycles. The van der Waals surface area contributed by atoms with Gasteiger partial charge in [0.1, 0.15) is 12.6 Å². The Morgan fingerprint density at radius 2 is 1.05 bits per heavy atom. The van der Waals surface area contributed by atoms with Gasteiger partial charge in [-0.1, -0.05) is 124 Å². The molecular formula is C46H74NO12P. The number of carboxylic acids is 1. The van der Waals surface area contributed by atoms with Crippen LogP contribution in [-0.2, 0) is 37.5 Å². The number of aliphatic hydroxyl groups is 2. The third-order valence-corrected chi connectivity index (χ3v) is 9.48. The minimum atomic E-state index is -4.80. The Labute approximate surface area is 359 Å². The highest BCUT2D eigenvalue weighted by Gasteiger charge is 2.28. The van der Waals surface area contributed by atoms with E-state index in [1.807, 2.05) is 12.2 Å². The van der Waals surface area contributed by atoms with Gasteiger partial charge in [0.25, 0.3) is 0 Å². The van der Waals surface area contributed by atoms with Gasteiger partial charge >= 0.3 is 25.7 Å². The monoisotopic (exact) mass is 863 g/mol. The van der Waals surface area contributed by atoms with Crippen LogP contribution < -0.4 is 5.73 Å². The van der Waals surface area contributed by atoms with E-state index in [0.29, 0.717) is 12.8 Å². The van der Waals surface area contributed by atoms with Crippen molar-refractivity contribution in [2.75, 3.05) is 19.8 Å². The first kappa shape index (κ1) is 56.3. The maximum atomic E-state index is 12.6. The van der Waals surface area contributed by atoms with Gasteiger partial charge in [-0.2, -0.15) is 0 Å². The largest absolute Gasteiger partial charge is 0.480 e. The van der Waals surface area contributed by atoms with E-state index in [-0.39, 0.29) is 32.1 Å². The van der Waals surface area contributed by atoms with Crippen LogP contribution in [-0.4, -0.2) is 82.3 Å². The number of hydrogen-bond acceptors (Lipinski definition) is 11.